The molecule has 2 amide bonds. The zero-order valence-corrected chi connectivity index (χ0v) is 15.8. The number of nitrogens with one attached hydrogen (secondary N) is 2. The molecule has 140 valence electrons. The van der Waals surface area contributed by atoms with E-state index >= 15 is 0 Å². The van der Waals surface area contributed by atoms with Crippen LogP contribution < -0.4 is 10.6 Å². The van der Waals surface area contributed by atoms with Crippen LogP contribution in [0, 0.1) is 0 Å². The molecule has 0 saturated carbocycles. The van der Waals surface area contributed by atoms with Crippen LogP contribution >= 0.6 is 0 Å². The number of piperidine rings is 1. The number of hydrogen-bond acceptors (Lipinski definition) is 4. The molecule has 2 unspecified atom stereocenters. The minimum absolute atomic E-state index is 0.0230. The molecule has 7 nitrogen and oxygen atoms in total. The normalized spacial score (nSPS) is 27.2. The molecule has 2 saturated heterocycles. The van der Waals surface area contributed by atoms with Gasteiger partial charge in [-0.1, -0.05) is 0 Å². The summed E-state index contributed by atoms with van der Waals surface area (Å²) in [5.41, 5.74) is 0. The van der Waals surface area contributed by atoms with Crippen LogP contribution in [-0.4, -0.2) is 61.9 Å². The minimum Gasteiger partial charge on any atom is -0.373 e. The van der Waals surface area contributed by atoms with E-state index in [2.05, 4.69) is 17.6 Å². The van der Waals surface area contributed by atoms with Gasteiger partial charge in [0.05, 0.1) is 17.5 Å². The zero-order valence-electron chi connectivity index (χ0n) is 15.0. The summed E-state index contributed by atoms with van der Waals surface area (Å²) in [4.78, 5) is 12.0. The molecule has 2 fully saturated rings. The van der Waals surface area contributed by atoms with E-state index in [1.807, 2.05) is 0 Å². The molecule has 2 aliphatic rings. The van der Waals surface area contributed by atoms with Gasteiger partial charge in [0, 0.05) is 25.7 Å². The highest BCUT2D eigenvalue weighted by atomic mass is 32.2. The van der Waals surface area contributed by atoms with Gasteiger partial charge in [-0.25, -0.2) is 17.5 Å². The lowest BCUT2D eigenvalue weighted by Crippen LogP contribution is -2.51. The molecule has 24 heavy (non-hydrogen) atoms. The van der Waals surface area contributed by atoms with Gasteiger partial charge in [0.15, 0.2) is 0 Å². The number of carbonyl (C=O) groups excluding carboxylic acids is 1. The molecule has 0 aromatic heterocycles. The molecule has 2 heterocycles. The molecule has 2 aliphatic heterocycles. The summed E-state index contributed by atoms with van der Waals surface area (Å²) in [5.74, 6) is 0. The number of sulfonamides is 1. The monoisotopic (exact) mass is 361 g/mol. The van der Waals surface area contributed by atoms with Crippen molar-refractivity contribution in [1.29, 1.82) is 0 Å². The lowest BCUT2D eigenvalue weighted by Gasteiger charge is -2.33. The van der Waals surface area contributed by atoms with Gasteiger partial charge in [0.25, 0.3) is 0 Å². The van der Waals surface area contributed by atoms with Gasteiger partial charge in [-0.05, 0) is 52.9 Å². The third kappa shape index (κ3) is 5.32. The van der Waals surface area contributed by atoms with Crippen LogP contribution in [0.2, 0.25) is 0 Å². The van der Waals surface area contributed by atoms with Crippen LogP contribution in [0.1, 0.15) is 52.9 Å². The predicted octanol–water partition coefficient (Wildman–Crippen LogP) is 1.45. The highest BCUT2D eigenvalue weighted by Gasteiger charge is 2.30. The van der Waals surface area contributed by atoms with Gasteiger partial charge in [-0.3, -0.25) is 0 Å². The Morgan fingerprint density at radius 3 is 2.46 bits per heavy atom. The lowest BCUT2D eigenvalue weighted by molar-refractivity contribution is -0.0369. The van der Waals surface area contributed by atoms with E-state index in [0.717, 1.165) is 19.3 Å². The number of carbonyl (C=O) groups is 1. The predicted molar refractivity (Wildman–Crippen MR) is 93.4 cm³/mol. The van der Waals surface area contributed by atoms with Gasteiger partial charge in [0.1, 0.15) is 0 Å². The van der Waals surface area contributed by atoms with Crippen molar-refractivity contribution >= 4 is 16.1 Å². The highest BCUT2D eigenvalue weighted by Crippen LogP contribution is 2.18. The summed E-state index contributed by atoms with van der Waals surface area (Å²) in [5, 5.41) is 5.42. The number of rotatable bonds is 5. The average Bonchev–Trinajstić information content (AvgIpc) is 2.53. The maximum Gasteiger partial charge on any atom is 0.315 e. The first kappa shape index (κ1) is 19.5. The second-order valence-electron chi connectivity index (χ2n) is 7.12. The molecule has 2 rings (SSSR count). The summed E-state index contributed by atoms with van der Waals surface area (Å²) < 4.78 is 31.6. The van der Waals surface area contributed by atoms with E-state index in [9.17, 15) is 13.2 Å². The fourth-order valence-electron chi connectivity index (χ4n) is 3.24. The molecule has 8 heteroatoms. The Morgan fingerprint density at radius 1 is 1.21 bits per heavy atom. The van der Waals surface area contributed by atoms with Gasteiger partial charge in [-0.2, -0.15) is 0 Å². The van der Waals surface area contributed by atoms with Crippen LogP contribution in [0.5, 0.6) is 0 Å². The Morgan fingerprint density at radius 2 is 1.88 bits per heavy atom. The Labute approximate surface area is 145 Å². The fourth-order valence-corrected chi connectivity index (χ4v) is 4.56. The van der Waals surface area contributed by atoms with Crippen molar-refractivity contribution in [3.8, 4) is 0 Å². The molecule has 2 atom stereocenters. The topological polar surface area (TPSA) is 87.7 Å². The largest absolute Gasteiger partial charge is 0.373 e. The van der Waals surface area contributed by atoms with E-state index in [1.165, 1.54) is 4.31 Å². The van der Waals surface area contributed by atoms with Gasteiger partial charge < -0.3 is 15.4 Å². The average molecular weight is 362 g/mol. The van der Waals surface area contributed by atoms with Crippen molar-refractivity contribution in [1.82, 2.24) is 14.9 Å². The van der Waals surface area contributed by atoms with Crippen molar-refractivity contribution in [2.24, 2.45) is 0 Å². The minimum atomic E-state index is -3.19. The molecular weight excluding hydrogens is 330 g/mol. The number of hydrogen-bond donors (Lipinski definition) is 2. The highest BCUT2D eigenvalue weighted by molar-refractivity contribution is 7.89. The Balaban J connectivity index is 1.69. The summed E-state index contributed by atoms with van der Waals surface area (Å²) in [7, 11) is -3.19. The van der Waals surface area contributed by atoms with Crippen molar-refractivity contribution in [2.75, 3.05) is 19.6 Å². The maximum absolute atomic E-state index is 12.1. The number of nitrogens with zero attached hydrogens (tertiary/aromatic N) is 1. The molecule has 0 aliphatic carbocycles. The Bertz CT molecular complexity index is 515. The van der Waals surface area contributed by atoms with E-state index in [4.69, 9.17) is 4.74 Å². The van der Waals surface area contributed by atoms with Crippen molar-refractivity contribution < 1.29 is 17.9 Å². The standard InChI is InChI=1S/C16H31N3O4S/c1-12(2)24(21,22)19-9-7-14(8-10-19)18-16(20)17-11-15-6-4-5-13(3)23-15/h12-15H,4-11H2,1-3H3,(H2,17,18,20). The van der Waals surface area contributed by atoms with Gasteiger partial charge >= 0.3 is 6.03 Å². The van der Waals surface area contributed by atoms with Crippen LogP contribution in [-0.2, 0) is 14.8 Å². The van der Waals surface area contributed by atoms with E-state index in [-0.39, 0.29) is 24.3 Å². The smallest absolute Gasteiger partial charge is 0.315 e. The zero-order chi connectivity index (χ0) is 17.7. The van der Waals surface area contributed by atoms with E-state index < -0.39 is 15.3 Å². The van der Waals surface area contributed by atoms with Gasteiger partial charge in [-0.15, -0.1) is 0 Å². The van der Waals surface area contributed by atoms with Crippen LogP contribution in [0.25, 0.3) is 0 Å². The molecule has 0 spiro atoms. The first-order chi connectivity index (χ1) is 11.3. The third-order valence-corrected chi connectivity index (χ3v) is 7.07. The summed E-state index contributed by atoms with van der Waals surface area (Å²) in [6, 6.07) is -0.170. The summed E-state index contributed by atoms with van der Waals surface area (Å²) in [6.45, 7) is 6.91. The molecular formula is C16H31N3O4S. The number of urea groups is 1. The molecule has 2 N–H and O–H groups in total. The van der Waals surface area contributed by atoms with Gasteiger partial charge in [0.2, 0.25) is 10.0 Å². The van der Waals surface area contributed by atoms with Crippen LogP contribution in [0.15, 0.2) is 0 Å². The lowest BCUT2D eigenvalue weighted by atomic mass is 10.1. The van der Waals surface area contributed by atoms with E-state index in [1.54, 1.807) is 13.8 Å². The maximum atomic E-state index is 12.1. The molecule has 0 aromatic carbocycles. The van der Waals surface area contributed by atoms with Crippen molar-refractivity contribution in [3.05, 3.63) is 0 Å². The second kappa shape index (κ2) is 8.49. The third-order valence-electron chi connectivity index (χ3n) is 4.80. The van der Waals surface area contributed by atoms with E-state index in [0.29, 0.717) is 32.5 Å². The van der Waals surface area contributed by atoms with Crippen molar-refractivity contribution in [2.45, 2.75) is 76.4 Å². The Kier molecular flexibility index (Phi) is 6.88. The van der Waals surface area contributed by atoms with Crippen molar-refractivity contribution in [3.63, 3.8) is 0 Å². The second-order valence-corrected chi connectivity index (χ2v) is 9.61. The fraction of sp³-hybridized carbons (Fsp3) is 0.938. The summed E-state index contributed by atoms with van der Waals surface area (Å²) >= 11 is 0. The molecule has 0 bridgehead atoms. The number of amides is 2. The van der Waals surface area contributed by atoms with Crippen LogP contribution in [0.3, 0.4) is 0 Å². The first-order valence-corrected chi connectivity index (χ1v) is 10.5. The number of ether oxygens (including phenoxy) is 1. The SMILES string of the molecule is CC1CCCC(CNC(=O)NC2CCN(S(=O)(=O)C(C)C)CC2)O1. The molecule has 0 radical (unpaired) electrons. The Hall–Kier alpha value is -0.860. The first-order valence-electron chi connectivity index (χ1n) is 8.98. The van der Waals surface area contributed by atoms with Crippen LogP contribution in [0.4, 0.5) is 4.79 Å². The summed E-state index contributed by atoms with van der Waals surface area (Å²) in [6.07, 6.45) is 4.86. The molecule has 0 aromatic rings. The quantitative estimate of drug-likeness (QED) is 0.776.